The molecule has 1 saturated carbocycles. The van der Waals surface area contributed by atoms with Crippen LogP contribution < -0.4 is 0 Å². The van der Waals surface area contributed by atoms with Gasteiger partial charge in [-0.2, -0.15) is 5.26 Å². The molecule has 0 aromatic heterocycles. The van der Waals surface area contributed by atoms with Gasteiger partial charge in [0.1, 0.15) is 11.9 Å². The molecule has 0 radical (unpaired) electrons. The quantitative estimate of drug-likeness (QED) is 0.561. The maximum atomic E-state index is 14.2. The van der Waals surface area contributed by atoms with Gasteiger partial charge in [-0.25, -0.2) is 4.39 Å². The lowest BCUT2D eigenvalue weighted by Crippen LogP contribution is -2.13. The molecular weight excluding hydrogens is 297 g/mol. The Balaban J connectivity index is 1.69. The number of hydrogen-bond acceptors (Lipinski definition) is 1. The van der Waals surface area contributed by atoms with Crippen LogP contribution in [0, 0.1) is 23.1 Å². The SMILES string of the molecule is CCCCC[C@H]1CC[C@H](c2ccc3c(F)c(C#N)ccc3c2)CC1. The van der Waals surface area contributed by atoms with Gasteiger partial charge in [0, 0.05) is 5.39 Å². The molecule has 2 heteroatoms. The van der Waals surface area contributed by atoms with Crippen molar-refractivity contribution in [2.75, 3.05) is 0 Å². The highest BCUT2D eigenvalue weighted by molar-refractivity contribution is 5.85. The Bertz CT molecular complexity index is 735. The van der Waals surface area contributed by atoms with Gasteiger partial charge in [0.2, 0.25) is 0 Å². The lowest BCUT2D eigenvalue weighted by atomic mass is 9.77. The summed E-state index contributed by atoms with van der Waals surface area (Å²) in [7, 11) is 0. The van der Waals surface area contributed by atoms with Crippen molar-refractivity contribution in [1.29, 1.82) is 5.26 Å². The smallest absolute Gasteiger partial charge is 0.148 e. The van der Waals surface area contributed by atoms with E-state index in [0.29, 0.717) is 11.3 Å². The number of benzene rings is 2. The van der Waals surface area contributed by atoms with E-state index < -0.39 is 0 Å². The maximum Gasteiger partial charge on any atom is 0.148 e. The number of rotatable bonds is 5. The lowest BCUT2D eigenvalue weighted by Gasteiger charge is -2.29. The Hall–Kier alpha value is -1.88. The molecule has 0 heterocycles. The monoisotopic (exact) mass is 323 g/mol. The molecule has 3 rings (SSSR count). The second-order valence-electron chi connectivity index (χ2n) is 7.23. The maximum absolute atomic E-state index is 14.2. The number of fused-ring (bicyclic) bond motifs is 1. The van der Waals surface area contributed by atoms with Crippen molar-refractivity contribution in [2.45, 2.75) is 64.2 Å². The second kappa shape index (κ2) is 7.79. The summed E-state index contributed by atoms with van der Waals surface area (Å²) in [6.07, 6.45) is 10.6. The largest absolute Gasteiger partial charge is 0.205 e. The van der Waals surface area contributed by atoms with Crippen molar-refractivity contribution in [2.24, 2.45) is 5.92 Å². The predicted molar refractivity (Wildman–Crippen MR) is 97.5 cm³/mol. The van der Waals surface area contributed by atoms with Crippen LogP contribution >= 0.6 is 0 Å². The van der Waals surface area contributed by atoms with E-state index in [1.54, 1.807) is 6.07 Å². The molecule has 0 bridgehead atoms. The molecule has 2 aromatic carbocycles. The molecule has 0 saturated heterocycles. The molecule has 0 unspecified atom stereocenters. The third kappa shape index (κ3) is 3.61. The molecular formula is C22H26FN. The van der Waals surface area contributed by atoms with Crippen molar-refractivity contribution < 1.29 is 4.39 Å². The van der Waals surface area contributed by atoms with E-state index >= 15 is 0 Å². The van der Waals surface area contributed by atoms with E-state index in [2.05, 4.69) is 19.1 Å². The molecule has 2 aromatic rings. The first-order valence-electron chi connectivity index (χ1n) is 9.35. The molecule has 1 fully saturated rings. The van der Waals surface area contributed by atoms with Crippen LogP contribution in [0.25, 0.3) is 10.8 Å². The molecule has 24 heavy (non-hydrogen) atoms. The van der Waals surface area contributed by atoms with Gasteiger partial charge in [0.25, 0.3) is 0 Å². The Morgan fingerprint density at radius 1 is 1.08 bits per heavy atom. The van der Waals surface area contributed by atoms with Gasteiger partial charge in [0.05, 0.1) is 5.56 Å². The summed E-state index contributed by atoms with van der Waals surface area (Å²) in [5.41, 5.74) is 1.46. The minimum atomic E-state index is -0.388. The highest BCUT2D eigenvalue weighted by Gasteiger charge is 2.22. The molecule has 0 aliphatic heterocycles. The third-order valence-corrected chi connectivity index (χ3v) is 5.63. The van der Waals surface area contributed by atoms with Gasteiger partial charge in [-0.15, -0.1) is 0 Å². The normalized spacial score (nSPS) is 20.9. The molecule has 1 aliphatic carbocycles. The molecule has 0 N–H and O–H groups in total. The molecule has 0 atom stereocenters. The first-order valence-corrected chi connectivity index (χ1v) is 9.35. The molecule has 0 spiro atoms. The highest BCUT2D eigenvalue weighted by atomic mass is 19.1. The molecule has 1 nitrogen and oxygen atoms in total. The van der Waals surface area contributed by atoms with Crippen molar-refractivity contribution in [3.05, 3.63) is 47.3 Å². The van der Waals surface area contributed by atoms with Crippen molar-refractivity contribution in [1.82, 2.24) is 0 Å². The van der Waals surface area contributed by atoms with Gasteiger partial charge < -0.3 is 0 Å². The molecule has 126 valence electrons. The predicted octanol–water partition coefficient (Wildman–Crippen LogP) is 6.70. The van der Waals surface area contributed by atoms with E-state index in [-0.39, 0.29) is 11.4 Å². The Morgan fingerprint density at radius 2 is 1.88 bits per heavy atom. The van der Waals surface area contributed by atoms with Crippen LogP contribution in [-0.2, 0) is 0 Å². The topological polar surface area (TPSA) is 23.8 Å². The number of unbranched alkanes of at least 4 members (excludes halogenated alkanes) is 2. The van der Waals surface area contributed by atoms with Crippen LogP contribution in [0.2, 0.25) is 0 Å². The summed E-state index contributed by atoms with van der Waals surface area (Å²) in [6, 6.07) is 11.4. The van der Waals surface area contributed by atoms with E-state index in [1.807, 2.05) is 18.2 Å². The molecule has 0 amide bonds. The van der Waals surface area contributed by atoms with Crippen LogP contribution in [0.15, 0.2) is 30.3 Å². The third-order valence-electron chi connectivity index (χ3n) is 5.63. The minimum absolute atomic E-state index is 0.128. The zero-order valence-electron chi connectivity index (χ0n) is 14.5. The van der Waals surface area contributed by atoms with Crippen molar-refractivity contribution in [3.8, 4) is 6.07 Å². The van der Waals surface area contributed by atoms with Crippen LogP contribution in [0.3, 0.4) is 0 Å². The van der Waals surface area contributed by atoms with Crippen LogP contribution in [0.5, 0.6) is 0 Å². The summed E-state index contributed by atoms with van der Waals surface area (Å²) in [5.74, 6) is 1.13. The summed E-state index contributed by atoms with van der Waals surface area (Å²) in [4.78, 5) is 0. The number of hydrogen-bond donors (Lipinski definition) is 0. The van der Waals surface area contributed by atoms with Gasteiger partial charge in [0.15, 0.2) is 0 Å². The standard InChI is InChI=1S/C22H26FN/c1-2-3-4-5-16-6-8-17(9-7-16)18-12-13-21-19(14-18)10-11-20(15-24)22(21)23/h10-14,16-17H,2-9H2,1H3/t16-,17-. The van der Waals surface area contributed by atoms with Gasteiger partial charge in [-0.1, -0.05) is 56.9 Å². The fourth-order valence-corrected chi connectivity index (χ4v) is 4.12. The Labute approximate surface area is 144 Å². The van der Waals surface area contributed by atoms with Crippen LogP contribution in [0.1, 0.15) is 75.3 Å². The summed E-state index contributed by atoms with van der Waals surface area (Å²) in [6.45, 7) is 2.26. The van der Waals surface area contributed by atoms with E-state index in [9.17, 15) is 4.39 Å². The average Bonchev–Trinajstić information content (AvgIpc) is 2.63. The lowest BCUT2D eigenvalue weighted by molar-refractivity contribution is 0.303. The fraction of sp³-hybridized carbons (Fsp3) is 0.500. The first kappa shape index (κ1) is 17.0. The second-order valence-corrected chi connectivity index (χ2v) is 7.23. The summed E-state index contributed by atoms with van der Waals surface area (Å²) >= 11 is 0. The highest BCUT2D eigenvalue weighted by Crippen LogP contribution is 2.38. The summed E-state index contributed by atoms with van der Waals surface area (Å²) < 4.78 is 14.2. The summed E-state index contributed by atoms with van der Waals surface area (Å²) in [5, 5.41) is 10.4. The average molecular weight is 323 g/mol. The number of halogens is 1. The number of nitriles is 1. The van der Waals surface area contributed by atoms with E-state index in [4.69, 9.17) is 5.26 Å². The van der Waals surface area contributed by atoms with Crippen molar-refractivity contribution in [3.63, 3.8) is 0 Å². The van der Waals surface area contributed by atoms with Crippen LogP contribution in [0.4, 0.5) is 4.39 Å². The zero-order valence-corrected chi connectivity index (χ0v) is 14.5. The van der Waals surface area contributed by atoms with E-state index in [0.717, 1.165) is 11.3 Å². The Kier molecular flexibility index (Phi) is 5.51. The van der Waals surface area contributed by atoms with Crippen LogP contribution in [-0.4, -0.2) is 0 Å². The minimum Gasteiger partial charge on any atom is -0.205 e. The molecule has 1 aliphatic rings. The first-order chi connectivity index (χ1) is 11.7. The van der Waals surface area contributed by atoms with Crippen molar-refractivity contribution >= 4 is 10.8 Å². The number of nitrogens with zero attached hydrogens (tertiary/aromatic N) is 1. The van der Waals surface area contributed by atoms with Gasteiger partial charge in [-0.05, 0) is 54.5 Å². The van der Waals surface area contributed by atoms with Gasteiger partial charge >= 0.3 is 0 Å². The van der Waals surface area contributed by atoms with E-state index in [1.165, 1.54) is 56.9 Å². The Morgan fingerprint density at radius 3 is 2.58 bits per heavy atom. The fourth-order valence-electron chi connectivity index (χ4n) is 4.12. The zero-order chi connectivity index (χ0) is 16.9. The van der Waals surface area contributed by atoms with Gasteiger partial charge in [-0.3, -0.25) is 0 Å².